The van der Waals surface area contributed by atoms with E-state index in [0.717, 1.165) is 23.7 Å². The molecule has 0 heterocycles. The number of rotatable bonds is 0. The lowest BCUT2D eigenvalue weighted by atomic mass is 9.47. The second kappa shape index (κ2) is 4.49. The van der Waals surface area contributed by atoms with Crippen molar-refractivity contribution >= 4 is 0 Å². The van der Waals surface area contributed by atoms with E-state index in [0.29, 0.717) is 10.8 Å². The van der Waals surface area contributed by atoms with E-state index in [-0.39, 0.29) is 0 Å². The second-order valence-electron chi connectivity index (χ2n) is 8.99. The van der Waals surface area contributed by atoms with E-state index < -0.39 is 0 Å². The van der Waals surface area contributed by atoms with Crippen molar-refractivity contribution in [3.63, 3.8) is 0 Å². The lowest BCUT2D eigenvalue weighted by Gasteiger charge is -2.57. The van der Waals surface area contributed by atoms with Gasteiger partial charge < -0.3 is 0 Å². The van der Waals surface area contributed by atoms with Gasteiger partial charge in [-0.2, -0.15) is 0 Å². The van der Waals surface area contributed by atoms with E-state index in [9.17, 15) is 0 Å². The normalized spacial score (nSPS) is 42.5. The molecule has 4 saturated carbocycles. The van der Waals surface area contributed by atoms with Gasteiger partial charge in [-0.05, 0) is 73.5 Å². The molecule has 0 aromatic carbocycles. The quantitative estimate of drug-likeness (QED) is 0.475. The topological polar surface area (TPSA) is 0 Å². The summed E-state index contributed by atoms with van der Waals surface area (Å²) >= 11 is 0. The van der Waals surface area contributed by atoms with Crippen molar-refractivity contribution in [2.75, 3.05) is 0 Å². The number of hydrogen-bond donors (Lipinski definition) is 0. The third-order valence-corrected chi connectivity index (χ3v) is 7.52. The molecule has 20 heavy (non-hydrogen) atoms. The maximum Gasteiger partial charge on any atom is -0.0149 e. The van der Waals surface area contributed by atoms with Crippen LogP contribution in [0.4, 0.5) is 0 Å². The molecule has 0 aromatic heterocycles. The first-order valence-corrected chi connectivity index (χ1v) is 8.59. The van der Waals surface area contributed by atoms with Crippen LogP contribution < -0.4 is 0 Å². The molecule has 4 unspecified atom stereocenters. The Bertz CT molecular complexity index is 445. The molecule has 0 spiro atoms. The SMILES string of the molecule is C=C1CCC2CC1C2(C)C.CC1=CCC2CC1C2(C)C. The minimum atomic E-state index is 0.606. The summed E-state index contributed by atoms with van der Waals surface area (Å²) in [5, 5.41) is 0. The summed E-state index contributed by atoms with van der Waals surface area (Å²) in [6.07, 6.45) is 9.39. The van der Waals surface area contributed by atoms with E-state index >= 15 is 0 Å². The Morgan fingerprint density at radius 1 is 1.00 bits per heavy atom. The Morgan fingerprint density at radius 3 is 1.90 bits per heavy atom. The summed E-state index contributed by atoms with van der Waals surface area (Å²) in [4.78, 5) is 0. The molecule has 4 bridgehead atoms. The fourth-order valence-corrected chi connectivity index (χ4v) is 5.39. The lowest BCUT2D eigenvalue weighted by molar-refractivity contribution is -0.0273. The Labute approximate surface area is 125 Å². The van der Waals surface area contributed by atoms with Crippen LogP contribution in [-0.2, 0) is 0 Å². The number of fused-ring (bicyclic) bond motifs is 3. The molecule has 0 amide bonds. The van der Waals surface area contributed by atoms with Crippen molar-refractivity contribution in [2.24, 2.45) is 34.5 Å². The molecule has 6 aliphatic rings. The maximum absolute atomic E-state index is 4.13. The van der Waals surface area contributed by atoms with Crippen LogP contribution in [0, 0.1) is 34.5 Å². The average Bonchev–Trinajstić information content (AvgIpc) is 2.38. The Morgan fingerprint density at radius 2 is 1.60 bits per heavy atom. The van der Waals surface area contributed by atoms with Gasteiger partial charge in [-0.1, -0.05) is 51.5 Å². The summed E-state index contributed by atoms with van der Waals surface area (Å²) in [7, 11) is 0. The highest BCUT2D eigenvalue weighted by molar-refractivity contribution is 5.21. The fraction of sp³-hybridized carbons (Fsp3) is 0.800. The van der Waals surface area contributed by atoms with Crippen LogP contribution in [0.3, 0.4) is 0 Å². The molecule has 0 radical (unpaired) electrons. The van der Waals surface area contributed by atoms with E-state index in [1.807, 2.05) is 0 Å². The molecular formula is C20H32. The summed E-state index contributed by atoms with van der Waals surface area (Å²) in [6, 6.07) is 0. The van der Waals surface area contributed by atoms with Gasteiger partial charge in [0.05, 0.1) is 0 Å². The van der Waals surface area contributed by atoms with Crippen LogP contribution in [0.2, 0.25) is 0 Å². The lowest BCUT2D eigenvalue weighted by Crippen LogP contribution is -2.48. The van der Waals surface area contributed by atoms with Crippen molar-refractivity contribution < 1.29 is 0 Å². The minimum absolute atomic E-state index is 0.606. The molecule has 0 saturated heterocycles. The maximum atomic E-state index is 4.13. The third-order valence-electron chi connectivity index (χ3n) is 7.52. The third kappa shape index (κ3) is 1.94. The molecule has 112 valence electrons. The molecule has 6 rings (SSSR count). The van der Waals surface area contributed by atoms with Crippen molar-refractivity contribution in [2.45, 2.75) is 66.7 Å². The van der Waals surface area contributed by atoms with Gasteiger partial charge in [0.25, 0.3) is 0 Å². The van der Waals surface area contributed by atoms with E-state index in [4.69, 9.17) is 0 Å². The van der Waals surface area contributed by atoms with Crippen LogP contribution in [0.15, 0.2) is 23.8 Å². The average molecular weight is 272 g/mol. The molecule has 0 aliphatic heterocycles. The highest BCUT2D eigenvalue weighted by Gasteiger charge is 2.51. The van der Waals surface area contributed by atoms with Crippen LogP contribution in [0.1, 0.15) is 66.7 Å². The molecule has 4 fully saturated rings. The molecule has 0 nitrogen and oxygen atoms in total. The molecule has 6 aliphatic carbocycles. The van der Waals surface area contributed by atoms with Gasteiger partial charge in [0, 0.05) is 0 Å². The number of hydrogen-bond acceptors (Lipinski definition) is 0. The number of allylic oxidation sites excluding steroid dienone is 3. The zero-order valence-electron chi connectivity index (χ0n) is 14.1. The smallest absolute Gasteiger partial charge is 0.0149 e. The van der Waals surface area contributed by atoms with Crippen LogP contribution in [0.25, 0.3) is 0 Å². The molecule has 0 heteroatoms. The van der Waals surface area contributed by atoms with Gasteiger partial charge in [-0.3, -0.25) is 0 Å². The van der Waals surface area contributed by atoms with Crippen molar-refractivity contribution in [1.29, 1.82) is 0 Å². The van der Waals surface area contributed by atoms with Crippen molar-refractivity contribution in [1.82, 2.24) is 0 Å². The second-order valence-corrected chi connectivity index (χ2v) is 8.99. The Kier molecular flexibility index (Phi) is 3.23. The molecule has 0 N–H and O–H groups in total. The first kappa shape index (κ1) is 14.4. The highest BCUT2D eigenvalue weighted by atomic mass is 14.6. The van der Waals surface area contributed by atoms with Gasteiger partial charge in [-0.15, -0.1) is 0 Å². The molecule has 4 atom stereocenters. The Hall–Kier alpha value is -0.520. The fourth-order valence-electron chi connectivity index (χ4n) is 5.39. The first-order chi connectivity index (χ1) is 9.24. The largest absolute Gasteiger partial charge is 0.0996 e. The van der Waals surface area contributed by atoms with E-state index in [2.05, 4.69) is 47.3 Å². The summed E-state index contributed by atoms with van der Waals surface area (Å²) in [5.74, 6) is 3.81. The van der Waals surface area contributed by atoms with Gasteiger partial charge in [0.1, 0.15) is 0 Å². The van der Waals surface area contributed by atoms with Gasteiger partial charge in [-0.25, -0.2) is 0 Å². The Balaban J connectivity index is 0.000000121. The van der Waals surface area contributed by atoms with Gasteiger partial charge in [0.2, 0.25) is 0 Å². The van der Waals surface area contributed by atoms with Crippen LogP contribution in [0.5, 0.6) is 0 Å². The summed E-state index contributed by atoms with van der Waals surface area (Å²) in [5.41, 5.74) is 4.41. The monoisotopic (exact) mass is 272 g/mol. The first-order valence-electron chi connectivity index (χ1n) is 8.59. The highest BCUT2D eigenvalue weighted by Crippen LogP contribution is 2.60. The van der Waals surface area contributed by atoms with Crippen LogP contribution >= 0.6 is 0 Å². The zero-order chi connectivity index (χ0) is 14.7. The van der Waals surface area contributed by atoms with Gasteiger partial charge >= 0.3 is 0 Å². The predicted octanol–water partition coefficient (Wildman–Crippen LogP) is 6.00. The zero-order valence-corrected chi connectivity index (χ0v) is 14.1. The van der Waals surface area contributed by atoms with Crippen molar-refractivity contribution in [3.8, 4) is 0 Å². The predicted molar refractivity (Wildman–Crippen MR) is 87.5 cm³/mol. The van der Waals surface area contributed by atoms with E-state index in [1.165, 1.54) is 37.7 Å². The van der Waals surface area contributed by atoms with Crippen molar-refractivity contribution in [3.05, 3.63) is 23.8 Å². The molecular weight excluding hydrogens is 240 g/mol. The molecule has 0 aromatic rings. The summed E-state index contributed by atoms with van der Waals surface area (Å²) in [6.45, 7) is 16.1. The standard InChI is InChI=1S/2C10H16/c2*1-7-4-5-8-6-9(7)10(8,2)3/h4,8-9H,5-6H2,1-3H3;8-9H,1,4-6H2,2-3H3. The minimum Gasteiger partial charge on any atom is -0.0996 e. The van der Waals surface area contributed by atoms with E-state index in [1.54, 1.807) is 5.57 Å². The summed E-state index contributed by atoms with van der Waals surface area (Å²) < 4.78 is 0. The van der Waals surface area contributed by atoms with Gasteiger partial charge in [0.15, 0.2) is 0 Å². The van der Waals surface area contributed by atoms with Crippen LogP contribution in [-0.4, -0.2) is 0 Å².